The maximum absolute atomic E-state index is 11.8. The Morgan fingerprint density at radius 2 is 1.94 bits per heavy atom. The van der Waals surface area contributed by atoms with E-state index in [9.17, 15) is 4.79 Å². The third-order valence-corrected chi connectivity index (χ3v) is 2.90. The maximum Gasteiger partial charge on any atom is 0.230 e. The molecule has 2 aromatic rings. The van der Waals surface area contributed by atoms with E-state index >= 15 is 0 Å². The number of benzene rings is 1. The van der Waals surface area contributed by atoms with Gasteiger partial charge in [0.1, 0.15) is 5.82 Å². The molecule has 1 heterocycles. The van der Waals surface area contributed by atoms with E-state index in [2.05, 4.69) is 10.3 Å². The Balaban J connectivity index is 2.01. The highest BCUT2D eigenvalue weighted by molar-refractivity contribution is 6.31. The van der Waals surface area contributed by atoms with Crippen molar-refractivity contribution in [2.45, 2.75) is 6.42 Å². The van der Waals surface area contributed by atoms with E-state index in [1.54, 1.807) is 18.2 Å². The second-order valence-corrected chi connectivity index (χ2v) is 4.52. The molecular weight excluding hydrogens is 271 g/mol. The largest absolute Gasteiger partial charge is 0.310 e. The molecule has 0 aliphatic rings. The predicted molar refractivity (Wildman–Crippen MR) is 73.0 cm³/mol. The van der Waals surface area contributed by atoms with Gasteiger partial charge in [0, 0.05) is 11.2 Å². The molecule has 1 amide bonds. The lowest BCUT2D eigenvalue weighted by molar-refractivity contribution is -0.115. The van der Waals surface area contributed by atoms with E-state index < -0.39 is 0 Å². The number of nitrogens with zero attached hydrogens (tertiary/aromatic N) is 1. The highest BCUT2D eigenvalue weighted by Gasteiger charge is 2.07. The summed E-state index contributed by atoms with van der Waals surface area (Å²) in [7, 11) is 0. The molecule has 0 aliphatic carbocycles. The molecule has 0 aliphatic heterocycles. The minimum atomic E-state index is -0.169. The zero-order valence-electron chi connectivity index (χ0n) is 9.36. The summed E-state index contributed by atoms with van der Waals surface area (Å²) in [5.74, 6) is 0.300. The highest BCUT2D eigenvalue weighted by atomic mass is 35.5. The number of halogens is 2. The number of aromatic nitrogens is 1. The van der Waals surface area contributed by atoms with Crippen LogP contribution in [0.25, 0.3) is 0 Å². The Labute approximate surface area is 115 Å². The number of hydrogen-bond donors (Lipinski definition) is 1. The summed E-state index contributed by atoms with van der Waals surface area (Å²) < 4.78 is 0. The van der Waals surface area contributed by atoms with E-state index in [0.717, 1.165) is 5.56 Å². The molecule has 0 atom stereocenters. The van der Waals surface area contributed by atoms with Gasteiger partial charge in [0.15, 0.2) is 0 Å². The summed E-state index contributed by atoms with van der Waals surface area (Å²) in [4.78, 5) is 15.8. The van der Waals surface area contributed by atoms with E-state index in [0.29, 0.717) is 15.9 Å². The number of anilines is 1. The van der Waals surface area contributed by atoms with Gasteiger partial charge >= 0.3 is 0 Å². The first-order chi connectivity index (χ1) is 8.65. The fourth-order valence-electron chi connectivity index (χ4n) is 1.45. The normalized spacial score (nSPS) is 10.1. The molecule has 1 aromatic carbocycles. The molecule has 5 heteroatoms. The summed E-state index contributed by atoms with van der Waals surface area (Å²) in [5.41, 5.74) is 0.783. The van der Waals surface area contributed by atoms with Gasteiger partial charge in [-0.3, -0.25) is 4.79 Å². The van der Waals surface area contributed by atoms with Crippen LogP contribution in [0, 0.1) is 0 Å². The van der Waals surface area contributed by atoms with Crippen LogP contribution in [-0.4, -0.2) is 10.9 Å². The summed E-state index contributed by atoms with van der Waals surface area (Å²) >= 11 is 11.7. The zero-order valence-corrected chi connectivity index (χ0v) is 10.9. The van der Waals surface area contributed by atoms with E-state index in [-0.39, 0.29) is 12.3 Å². The summed E-state index contributed by atoms with van der Waals surface area (Å²) in [6.07, 6.45) is 1.69. The number of amides is 1. The predicted octanol–water partition coefficient (Wildman–Crippen LogP) is 3.57. The van der Waals surface area contributed by atoms with Crippen molar-refractivity contribution < 1.29 is 4.79 Å². The van der Waals surface area contributed by atoms with E-state index in [4.69, 9.17) is 23.2 Å². The Kier molecular flexibility index (Phi) is 4.18. The SMILES string of the molecule is O=C(Cc1ccccc1Cl)Nc1ccc(Cl)cn1. The molecule has 0 unspecified atom stereocenters. The number of pyridine rings is 1. The van der Waals surface area contributed by atoms with Crippen LogP contribution < -0.4 is 5.32 Å². The van der Waals surface area contributed by atoms with Crippen molar-refractivity contribution in [3.63, 3.8) is 0 Å². The Hall–Kier alpha value is -1.58. The monoisotopic (exact) mass is 280 g/mol. The van der Waals surface area contributed by atoms with Crippen LogP contribution >= 0.6 is 23.2 Å². The van der Waals surface area contributed by atoms with E-state index in [1.807, 2.05) is 18.2 Å². The first-order valence-electron chi connectivity index (χ1n) is 5.30. The topological polar surface area (TPSA) is 42.0 Å². The molecule has 3 nitrogen and oxygen atoms in total. The molecule has 0 bridgehead atoms. The van der Waals surface area contributed by atoms with Gasteiger partial charge in [-0.25, -0.2) is 4.98 Å². The molecule has 1 N–H and O–H groups in total. The summed E-state index contributed by atoms with van der Waals surface area (Å²) in [5, 5.41) is 3.78. The number of nitrogens with one attached hydrogen (secondary N) is 1. The van der Waals surface area contributed by atoms with Crippen molar-refractivity contribution >= 4 is 34.9 Å². The smallest absolute Gasteiger partial charge is 0.230 e. The van der Waals surface area contributed by atoms with Crippen LogP contribution in [-0.2, 0) is 11.2 Å². The van der Waals surface area contributed by atoms with Gasteiger partial charge in [0.2, 0.25) is 5.91 Å². The quantitative estimate of drug-likeness (QED) is 0.934. The van der Waals surface area contributed by atoms with Crippen LogP contribution in [0.15, 0.2) is 42.6 Å². The van der Waals surface area contributed by atoms with Gasteiger partial charge < -0.3 is 5.32 Å². The molecule has 0 fully saturated rings. The molecule has 0 spiro atoms. The van der Waals surface area contributed by atoms with Gasteiger partial charge in [-0.05, 0) is 23.8 Å². The summed E-state index contributed by atoms with van der Waals surface area (Å²) in [6.45, 7) is 0. The zero-order chi connectivity index (χ0) is 13.0. The van der Waals surface area contributed by atoms with Crippen LogP contribution in [0.1, 0.15) is 5.56 Å². The molecule has 18 heavy (non-hydrogen) atoms. The minimum absolute atomic E-state index is 0.169. The lowest BCUT2D eigenvalue weighted by atomic mass is 10.1. The van der Waals surface area contributed by atoms with Crippen molar-refractivity contribution in [3.8, 4) is 0 Å². The van der Waals surface area contributed by atoms with Gasteiger partial charge in [0.25, 0.3) is 0 Å². The fourth-order valence-corrected chi connectivity index (χ4v) is 1.77. The van der Waals surface area contributed by atoms with Crippen molar-refractivity contribution in [1.82, 2.24) is 4.98 Å². The summed E-state index contributed by atoms with van der Waals surface area (Å²) in [6, 6.07) is 10.5. The van der Waals surface area contributed by atoms with Crippen molar-refractivity contribution in [2.24, 2.45) is 0 Å². The molecular formula is C13H10Cl2N2O. The Morgan fingerprint density at radius 1 is 1.17 bits per heavy atom. The average molecular weight is 281 g/mol. The number of hydrogen-bond acceptors (Lipinski definition) is 2. The van der Waals surface area contributed by atoms with E-state index in [1.165, 1.54) is 6.20 Å². The first kappa shape index (κ1) is 12.9. The number of carbonyl (C=O) groups excluding carboxylic acids is 1. The third-order valence-electron chi connectivity index (χ3n) is 2.30. The second-order valence-electron chi connectivity index (χ2n) is 3.68. The Bertz CT molecular complexity index is 555. The van der Waals surface area contributed by atoms with Crippen molar-refractivity contribution in [3.05, 3.63) is 58.2 Å². The highest BCUT2D eigenvalue weighted by Crippen LogP contribution is 2.16. The minimum Gasteiger partial charge on any atom is -0.310 e. The van der Waals surface area contributed by atoms with Crippen LogP contribution in [0.5, 0.6) is 0 Å². The maximum atomic E-state index is 11.8. The van der Waals surface area contributed by atoms with Gasteiger partial charge in [-0.2, -0.15) is 0 Å². The standard InChI is InChI=1S/C13H10Cl2N2O/c14-10-5-6-12(16-8-10)17-13(18)7-9-3-1-2-4-11(9)15/h1-6,8H,7H2,(H,16,17,18). The van der Waals surface area contributed by atoms with Crippen molar-refractivity contribution in [1.29, 1.82) is 0 Å². The van der Waals surface area contributed by atoms with Crippen LogP contribution in [0.2, 0.25) is 10.0 Å². The van der Waals surface area contributed by atoms with Crippen LogP contribution in [0.4, 0.5) is 5.82 Å². The lowest BCUT2D eigenvalue weighted by Gasteiger charge is -2.05. The van der Waals surface area contributed by atoms with Crippen LogP contribution in [0.3, 0.4) is 0 Å². The Morgan fingerprint density at radius 3 is 2.61 bits per heavy atom. The second kappa shape index (κ2) is 5.85. The number of carbonyl (C=O) groups is 1. The molecule has 0 saturated heterocycles. The molecule has 92 valence electrons. The van der Waals surface area contributed by atoms with Crippen molar-refractivity contribution in [2.75, 3.05) is 5.32 Å². The van der Waals surface area contributed by atoms with Gasteiger partial charge in [-0.1, -0.05) is 41.4 Å². The molecule has 0 radical (unpaired) electrons. The number of rotatable bonds is 3. The average Bonchev–Trinajstić information content (AvgIpc) is 2.35. The lowest BCUT2D eigenvalue weighted by Crippen LogP contribution is -2.15. The molecule has 0 saturated carbocycles. The third kappa shape index (κ3) is 3.45. The molecule has 1 aromatic heterocycles. The fraction of sp³-hybridized carbons (Fsp3) is 0.0769. The van der Waals surface area contributed by atoms with Gasteiger partial charge in [-0.15, -0.1) is 0 Å². The molecule has 2 rings (SSSR count). The first-order valence-corrected chi connectivity index (χ1v) is 6.05. The van der Waals surface area contributed by atoms with Gasteiger partial charge in [0.05, 0.1) is 11.4 Å².